The summed E-state index contributed by atoms with van der Waals surface area (Å²) in [5.74, 6) is -0.458. The fourth-order valence-electron chi connectivity index (χ4n) is 8.42. The molecule has 272 valence electrons. The first-order chi connectivity index (χ1) is 24.5. The van der Waals surface area contributed by atoms with Gasteiger partial charge in [-0.3, -0.25) is 14.4 Å². The van der Waals surface area contributed by atoms with Gasteiger partial charge < -0.3 is 33.4 Å². The van der Waals surface area contributed by atoms with Crippen LogP contribution in [-0.2, 0) is 37.8 Å². The lowest BCUT2D eigenvalue weighted by Crippen LogP contribution is -2.45. The Morgan fingerprint density at radius 1 is 1.02 bits per heavy atom. The lowest BCUT2D eigenvalue weighted by Gasteiger charge is -2.31. The van der Waals surface area contributed by atoms with E-state index in [0.29, 0.717) is 36.5 Å². The molecule has 6 rings (SSSR count). The van der Waals surface area contributed by atoms with Crippen LogP contribution in [0.15, 0.2) is 72.8 Å². The Balaban J connectivity index is 1.30. The quantitative estimate of drug-likeness (QED) is 0.175. The van der Waals surface area contributed by atoms with E-state index in [1.54, 1.807) is 36.1 Å². The summed E-state index contributed by atoms with van der Waals surface area (Å²) in [4.78, 5) is 46.8. The molecule has 1 spiro atoms. The first kappa shape index (κ1) is 36.7. The molecule has 0 bridgehead atoms. The molecule has 11 heteroatoms. The van der Waals surface area contributed by atoms with Gasteiger partial charge in [-0.25, -0.2) is 0 Å². The Hall–Kier alpha value is -4.06. The first-order valence-electron chi connectivity index (χ1n) is 18.2. The van der Waals surface area contributed by atoms with Crippen molar-refractivity contribution in [3.05, 3.63) is 89.5 Å². The molecule has 0 radical (unpaired) electrons. The minimum Gasteiger partial charge on any atom is -0.497 e. The number of aliphatic hydroxyl groups excluding tert-OH is 1. The van der Waals surface area contributed by atoms with Gasteiger partial charge in [0.25, 0.3) is 5.91 Å². The van der Waals surface area contributed by atoms with Crippen LogP contribution in [0.25, 0.3) is 0 Å². The van der Waals surface area contributed by atoms with Gasteiger partial charge in [-0.1, -0.05) is 62.2 Å². The third-order valence-corrected chi connectivity index (χ3v) is 13.4. The van der Waals surface area contributed by atoms with Crippen LogP contribution < -0.4 is 14.5 Å². The summed E-state index contributed by atoms with van der Waals surface area (Å²) in [6.07, 6.45) is 3.64. The van der Waals surface area contributed by atoms with E-state index in [9.17, 15) is 19.5 Å². The second-order valence-corrected chi connectivity index (χ2v) is 18.4. The molecule has 9 nitrogen and oxygen atoms in total. The number of benzene rings is 3. The zero-order chi connectivity index (χ0) is 36.3. The monoisotopic (exact) mass is 715 g/mol. The zero-order valence-corrected chi connectivity index (χ0v) is 31.1. The van der Waals surface area contributed by atoms with Crippen molar-refractivity contribution in [3.63, 3.8) is 0 Å². The number of hydrogen-bond acceptors (Lipinski definition) is 6. The highest BCUT2D eigenvalue weighted by molar-refractivity contribution is 6.72. The van der Waals surface area contributed by atoms with Crippen molar-refractivity contribution in [2.75, 3.05) is 36.6 Å². The van der Waals surface area contributed by atoms with E-state index in [4.69, 9.17) is 9.47 Å². The van der Waals surface area contributed by atoms with E-state index < -0.39 is 31.6 Å². The van der Waals surface area contributed by atoms with Gasteiger partial charge in [0.05, 0.1) is 38.5 Å². The molecule has 0 saturated carbocycles. The van der Waals surface area contributed by atoms with Crippen molar-refractivity contribution < 1.29 is 33.1 Å². The van der Waals surface area contributed by atoms with Crippen molar-refractivity contribution in [1.29, 1.82) is 0 Å². The molecule has 3 aromatic rings. The Bertz CT molecular complexity index is 1720. The van der Waals surface area contributed by atoms with Crippen LogP contribution in [-0.4, -0.2) is 69.0 Å². The summed E-state index contributed by atoms with van der Waals surface area (Å²) in [5.41, 5.74) is 1.72. The van der Waals surface area contributed by atoms with Gasteiger partial charge in [-0.2, -0.15) is 0 Å². The number of anilines is 2. The average molecular weight is 716 g/mol. The number of rotatable bonds is 11. The minimum atomic E-state index is -3.52. The number of fused-ring (bicyclic) bond motifs is 2. The van der Waals surface area contributed by atoms with E-state index in [1.807, 2.05) is 78.6 Å². The topological polar surface area (TPSA) is 99.6 Å². The standard InChI is InChI=1S/C40H50FN3O6Si/c1-28-38(51(3,4)41)35(25-37(47)42(22-23-45)26-29-12-8-7-9-13-29)50-40(28)33-24-32(49-2)19-20-34(33)44(39(40)48)27-30-15-17-31(18-16-30)43-21-11-6-5-10-14-36(43)46/h7-9,12-13,15-20,24,28,35,38,45H,5-6,10-11,14,21-23,25-27H2,1-4H3/t28-,35+,38-,40+/m0/s1. The van der Waals surface area contributed by atoms with Crippen molar-refractivity contribution in [2.45, 2.75) is 88.9 Å². The van der Waals surface area contributed by atoms with Crippen LogP contribution in [0.5, 0.6) is 5.75 Å². The molecule has 3 aromatic carbocycles. The second-order valence-electron chi connectivity index (χ2n) is 14.6. The molecule has 0 aromatic heterocycles. The van der Waals surface area contributed by atoms with Crippen LogP contribution in [0.1, 0.15) is 62.1 Å². The number of amides is 3. The summed E-state index contributed by atoms with van der Waals surface area (Å²) in [6, 6.07) is 22.8. The van der Waals surface area contributed by atoms with E-state index in [1.165, 1.54) is 0 Å². The normalized spacial score (nSPS) is 23.7. The third-order valence-electron chi connectivity index (χ3n) is 10.9. The van der Waals surface area contributed by atoms with Gasteiger partial charge in [-0.05, 0) is 67.4 Å². The summed E-state index contributed by atoms with van der Waals surface area (Å²) >= 11 is 0. The molecule has 0 aliphatic carbocycles. The van der Waals surface area contributed by atoms with Crippen molar-refractivity contribution in [2.24, 2.45) is 5.92 Å². The van der Waals surface area contributed by atoms with Crippen LogP contribution in [0, 0.1) is 5.92 Å². The maximum absolute atomic E-state index is 16.5. The van der Waals surface area contributed by atoms with Gasteiger partial charge in [0, 0.05) is 48.8 Å². The van der Waals surface area contributed by atoms with Crippen LogP contribution in [0.2, 0.25) is 18.6 Å². The third kappa shape index (κ3) is 7.34. The lowest BCUT2D eigenvalue weighted by molar-refractivity contribution is -0.150. The summed E-state index contributed by atoms with van der Waals surface area (Å²) in [7, 11) is -1.96. The summed E-state index contributed by atoms with van der Waals surface area (Å²) in [6.45, 7) is 6.25. The van der Waals surface area contributed by atoms with Gasteiger partial charge >= 0.3 is 0 Å². The minimum absolute atomic E-state index is 0.118. The highest BCUT2D eigenvalue weighted by atomic mass is 28.4. The maximum atomic E-state index is 16.5. The molecule has 51 heavy (non-hydrogen) atoms. The molecule has 3 aliphatic heterocycles. The molecule has 2 saturated heterocycles. The molecule has 2 fully saturated rings. The Labute approximate surface area is 301 Å². The summed E-state index contributed by atoms with van der Waals surface area (Å²) in [5, 5.41) is 9.82. The van der Waals surface area contributed by atoms with E-state index in [2.05, 4.69) is 0 Å². The van der Waals surface area contributed by atoms with Crippen molar-refractivity contribution in [1.82, 2.24) is 4.90 Å². The molecule has 1 N–H and O–H groups in total. The lowest BCUT2D eigenvalue weighted by atomic mass is 9.82. The van der Waals surface area contributed by atoms with E-state index >= 15 is 4.11 Å². The smallest absolute Gasteiger partial charge is 0.264 e. The van der Waals surface area contributed by atoms with Crippen molar-refractivity contribution >= 4 is 37.5 Å². The fourth-order valence-corrected chi connectivity index (χ4v) is 10.9. The van der Waals surface area contributed by atoms with Gasteiger partial charge in [0.1, 0.15) is 5.75 Å². The van der Waals surface area contributed by atoms with E-state index in [0.717, 1.165) is 42.5 Å². The summed E-state index contributed by atoms with van der Waals surface area (Å²) < 4.78 is 28.9. The number of methoxy groups -OCH3 is 1. The molecule has 3 amide bonds. The fraction of sp³-hybridized carbons (Fsp3) is 0.475. The Kier molecular flexibility index (Phi) is 11.0. The number of hydrogen-bond donors (Lipinski definition) is 1. The van der Waals surface area contributed by atoms with Crippen LogP contribution in [0.4, 0.5) is 15.5 Å². The second kappa shape index (κ2) is 15.3. The van der Waals surface area contributed by atoms with Crippen LogP contribution >= 0.6 is 0 Å². The highest BCUT2D eigenvalue weighted by Crippen LogP contribution is 2.60. The van der Waals surface area contributed by atoms with Crippen LogP contribution in [0.3, 0.4) is 0 Å². The Morgan fingerprint density at radius 2 is 1.75 bits per heavy atom. The predicted octanol–water partition coefficient (Wildman–Crippen LogP) is 6.73. The largest absolute Gasteiger partial charge is 0.497 e. The predicted molar refractivity (Wildman–Crippen MR) is 198 cm³/mol. The van der Waals surface area contributed by atoms with Crippen molar-refractivity contribution in [3.8, 4) is 5.75 Å². The zero-order valence-electron chi connectivity index (χ0n) is 30.1. The first-order valence-corrected chi connectivity index (χ1v) is 21.1. The maximum Gasteiger partial charge on any atom is 0.264 e. The van der Waals surface area contributed by atoms with Gasteiger partial charge in [-0.15, -0.1) is 0 Å². The SMILES string of the molecule is COc1ccc2c(c1)[C@@]1(O[C@H](CC(=O)N(CCO)Cc3ccccc3)[C@@H]([Si](C)(C)F)[C@@H]1C)C(=O)N2Cc1ccc(N2CCCCCCC2=O)cc1. The molecular formula is C40H50FN3O6Si. The van der Waals surface area contributed by atoms with E-state index in [-0.39, 0.29) is 43.8 Å². The molecule has 4 atom stereocenters. The number of halogens is 1. The average Bonchev–Trinajstić information content (AvgIpc) is 3.53. The van der Waals surface area contributed by atoms with Gasteiger partial charge in [0.2, 0.25) is 20.2 Å². The number of ether oxygens (including phenoxy) is 2. The number of carbonyl (C=O) groups is 3. The Morgan fingerprint density at radius 3 is 2.43 bits per heavy atom. The highest BCUT2D eigenvalue weighted by Gasteiger charge is 2.67. The molecule has 0 unspecified atom stereocenters. The number of nitrogens with zero attached hydrogens (tertiary/aromatic N) is 3. The molecule has 3 heterocycles. The van der Waals surface area contributed by atoms with Gasteiger partial charge in [0.15, 0.2) is 5.60 Å². The number of aliphatic hydroxyl groups is 1. The number of carbonyl (C=O) groups excluding carboxylic acids is 3. The molecular weight excluding hydrogens is 666 g/mol. The molecule has 3 aliphatic rings.